The Bertz CT molecular complexity index is 479. The van der Waals surface area contributed by atoms with Crippen LogP contribution in [0.1, 0.15) is 85.0 Å². The molecule has 3 unspecified atom stereocenters. The normalized spacial score (nSPS) is 54.0. The van der Waals surface area contributed by atoms with Crippen LogP contribution in [0.25, 0.3) is 0 Å². The molecule has 0 radical (unpaired) electrons. The molecule has 0 saturated heterocycles. The molecule has 0 bridgehead atoms. The number of hydrogen-bond donors (Lipinski definition) is 1. The molecular formula is C22H38OSe. The van der Waals surface area contributed by atoms with Gasteiger partial charge >= 0.3 is 156 Å². The number of fused-ring (bicyclic) bond motifs is 5. The number of rotatable bonds is 3. The summed E-state index contributed by atoms with van der Waals surface area (Å²) in [5, 5.41) is 14.0. The van der Waals surface area contributed by atoms with Gasteiger partial charge in [0.1, 0.15) is 0 Å². The van der Waals surface area contributed by atoms with Crippen LogP contribution in [0, 0.1) is 34.5 Å². The van der Waals surface area contributed by atoms with Crippen LogP contribution >= 0.6 is 0 Å². The van der Waals surface area contributed by atoms with Gasteiger partial charge in [0.2, 0.25) is 0 Å². The third kappa shape index (κ3) is 2.42. The summed E-state index contributed by atoms with van der Waals surface area (Å²) < 4.78 is 0. The summed E-state index contributed by atoms with van der Waals surface area (Å²) in [5.74, 6) is 3.72. The van der Waals surface area contributed by atoms with Gasteiger partial charge in [0.25, 0.3) is 0 Å². The predicted molar refractivity (Wildman–Crippen MR) is 102 cm³/mol. The summed E-state index contributed by atoms with van der Waals surface area (Å²) in [6, 6.07) is 0. The molecule has 0 aromatic heterocycles. The van der Waals surface area contributed by atoms with Crippen molar-refractivity contribution in [2.24, 2.45) is 34.5 Å². The fourth-order valence-electron chi connectivity index (χ4n) is 7.91. The molecule has 0 spiro atoms. The molecule has 7 atom stereocenters. The Morgan fingerprint density at radius 2 is 1.71 bits per heavy atom. The minimum absolute atomic E-state index is 0.225. The van der Waals surface area contributed by atoms with Gasteiger partial charge in [-0.15, -0.1) is 0 Å². The van der Waals surface area contributed by atoms with Gasteiger partial charge < -0.3 is 0 Å². The maximum atomic E-state index is 11.6. The van der Waals surface area contributed by atoms with Crippen LogP contribution in [-0.4, -0.2) is 25.7 Å². The van der Waals surface area contributed by atoms with Crippen LogP contribution < -0.4 is 0 Å². The van der Waals surface area contributed by atoms with Gasteiger partial charge in [-0.25, -0.2) is 0 Å². The molecule has 4 saturated carbocycles. The van der Waals surface area contributed by atoms with E-state index in [1.807, 2.05) is 0 Å². The maximum absolute atomic E-state index is 11.6. The zero-order valence-electron chi connectivity index (χ0n) is 16.2. The van der Waals surface area contributed by atoms with Crippen molar-refractivity contribution in [1.29, 1.82) is 0 Å². The Morgan fingerprint density at radius 1 is 0.917 bits per heavy atom. The quantitative estimate of drug-likeness (QED) is 0.605. The molecule has 24 heavy (non-hydrogen) atoms. The van der Waals surface area contributed by atoms with E-state index in [1.165, 1.54) is 63.1 Å². The molecule has 4 fully saturated rings. The van der Waals surface area contributed by atoms with E-state index < -0.39 is 0 Å². The Hall–Kier alpha value is 0.479. The third-order valence-electron chi connectivity index (χ3n) is 9.45. The first-order valence-electron chi connectivity index (χ1n) is 10.7. The van der Waals surface area contributed by atoms with Crippen LogP contribution in [0.15, 0.2) is 0 Å². The van der Waals surface area contributed by atoms with Crippen molar-refractivity contribution in [2.45, 2.75) is 101 Å². The van der Waals surface area contributed by atoms with Gasteiger partial charge in [-0.05, 0) is 0 Å². The second-order valence-corrected chi connectivity index (χ2v) is 12.7. The first-order valence-corrected chi connectivity index (χ1v) is 13.2. The van der Waals surface area contributed by atoms with Gasteiger partial charge in [0.05, 0.1) is 0 Å². The Labute approximate surface area is 155 Å². The first-order chi connectivity index (χ1) is 11.4. The van der Waals surface area contributed by atoms with Gasteiger partial charge in [-0.1, -0.05) is 0 Å². The fraction of sp³-hybridized carbons (Fsp3) is 1.00. The summed E-state index contributed by atoms with van der Waals surface area (Å²) in [6.07, 6.45) is 14.0. The van der Waals surface area contributed by atoms with Crippen LogP contribution in [0.4, 0.5) is 0 Å². The van der Waals surface area contributed by atoms with Crippen molar-refractivity contribution in [1.82, 2.24) is 0 Å². The molecule has 0 aromatic carbocycles. The predicted octanol–water partition coefficient (Wildman–Crippen LogP) is 5.71. The molecule has 138 valence electrons. The first kappa shape index (κ1) is 17.9. The molecule has 4 aliphatic carbocycles. The van der Waals surface area contributed by atoms with E-state index >= 15 is 0 Å². The topological polar surface area (TPSA) is 20.2 Å². The van der Waals surface area contributed by atoms with Crippen molar-refractivity contribution >= 4 is 15.0 Å². The molecule has 0 heterocycles. The monoisotopic (exact) mass is 398 g/mol. The Kier molecular flexibility index (Phi) is 4.67. The summed E-state index contributed by atoms with van der Waals surface area (Å²) >= 11 is 0.635. The van der Waals surface area contributed by atoms with E-state index in [9.17, 15) is 5.11 Å². The van der Waals surface area contributed by atoms with E-state index in [4.69, 9.17) is 0 Å². The van der Waals surface area contributed by atoms with E-state index in [2.05, 4.69) is 20.8 Å². The van der Waals surface area contributed by atoms with E-state index in [0.29, 0.717) is 20.4 Å². The van der Waals surface area contributed by atoms with Crippen molar-refractivity contribution in [3.8, 4) is 0 Å². The third-order valence-corrected chi connectivity index (χ3v) is 11.7. The fourth-order valence-corrected chi connectivity index (χ4v) is 10.0. The molecule has 4 rings (SSSR count). The van der Waals surface area contributed by atoms with E-state index in [0.717, 1.165) is 35.4 Å². The average Bonchev–Trinajstić information content (AvgIpc) is 2.84. The number of hydrogen-bond acceptors (Lipinski definition) is 1. The van der Waals surface area contributed by atoms with Crippen molar-refractivity contribution in [3.05, 3.63) is 0 Å². The van der Waals surface area contributed by atoms with Crippen LogP contribution in [-0.2, 0) is 0 Å². The summed E-state index contributed by atoms with van der Waals surface area (Å²) in [7, 11) is 0. The van der Waals surface area contributed by atoms with Crippen LogP contribution in [0.3, 0.4) is 0 Å². The average molecular weight is 398 g/mol. The minimum atomic E-state index is -0.330. The SMILES string of the molecule is CC[Se]C[C@]1(O)CCC2C3CC[C@H]4CCCC[C@]4(C)C3CC[C@@]21C. The van der Waals surface area contributed by atoms with Crippen molar-refractivity contribution in [3.63, 3.8) is 0 Å². The molecular weight excluding hydrogens is 359 g/mol. The molecule has 0 aliphatic heterocycles. The summed E-state index contributed by atoms with van der Waals surface area (Å²) in [4.78, 5) is 0. The number of aliphatic hydroxyl groups is 1. The molecule has 1 N–H and O–H groups in total. The summed E-state index contributed by atoms with van der Waals surface area (Å²) in [5.41, 5.74) is 0.530. The van der Waals surface area contributed by atoms with Crippen LogP contribution in [0.2, 0.25) is 10.6 Å². The van der Waals surface area contributed by atoms with Gasteiger partial charge in [0.15, 0.2) is 0 Å². The second-order valence-electron chi connectivity index (χ2n) is 10.1. The standard InChI is InChI=1S/C22H38OSe/c1-4-24-15-22(23)14-11-19-17-9-8-16-7-5-6-12-20(16,2)18(17)10-13-21(19,22)3/h16-19,23H,4-15H2,1-3H3/t16-,17?,18?,19?,20+,21+,22-/m1/s1. The molecule has 1 nitrogen and oxygen atoms in total. The van der Waals surface area contributed by atoms with E-state index in [1.54, 1.807) is 0 Å². The zero-order valence-corrected chi connectivity index (χ0v) is 17.9. The van der Waals surface area contributed by atoms with Gasteiger partial charge in [-0.2, -0.15) is 0 Å². The molecule has 2 heteroatoms. The van der Waals surface area contributed by atoms with Crippen molar-refractivity contribution < 1.29 is 5.11 Å². The van der Waals surface area contributed by atoms with Gasteiger partial charge in [0, 0.05) is 0 Å². The van der Waals surface area contributed by atoms with Gasteiger partial charge in [-0.3, -0.25) is 0 Å². The summed E-state index contributed by atoms with van der Waals surface area (Å²) in [6.45, 7) is 7.44. The molecule has 0 aromatic rings. The molecule has 0 amide bonds. The second kappa shape index (κ2) is 6.28. The Balaban J connectivity index is 1.59. The zero-order chi connectivity index (χ0) is 17.0. The Morgan fingerprint density at radius 3 is 2.50 bits per heavy atom. The molecule has 4 aliphatic rings. The van der Waals surface area contributed by atoms with E-state index in [-0.39, 0.29) is 11.0 Å². The van der Waals surface area contributed by atoms with Crippen molar-refractivity contribution in [2.75, 3.05) is 0 Å². The van der Waals surface area contributed by atoms with Crippen LogP contribution in [0.5, 0.6) is 0 Å².